The van der Waals surface area contributed by atoms with Crippen LogP contribution in [-0.2, 0) is 24.4 Å². The van der Waals surface area contributed by atoms with Crippen molar-refractivity contribution in [3.8, 4) is 16.3 Å². The second-order valence-electron chi connectivity index (χ2n) is 7.40. The lowest BCUT2D eigenvalue weighted by atomic mass is 10.0. The van der Waals surface area contributed by atoms with E-state index in [-0.39, 0.29) is 5.60 Å². The van der Waals surface area contributed by atoms with Gasteiger partial charge >= 0.3 is 0 Å². The minimum Gasteiger partial charge on any atom is -0.497 e. The van der Waals surface area contributed by atoms with Gasteiger partial charge in [0.1, 0.15) is 23.8 Å². The largest absolute Gasteiger partial charge is 0.497 e. The average molecular weight is 382 g/mol. The van der Waals surface area contributed by atoms with Crippen LogP contribution < -0.4 is 4.74 Å². The van der Waals surface area contributed by atoms with Crippen molar-refractivity contribution in [1.29, 1.82) is 0 Å². The molecular formula is C21H23N3O2S. The number of rotatable bonds is 4. The van der Waals surface area contributed by atoms with Crippen LogP contribution in [-0.4, -0.2) is 40.3 Å². The van der Waals surface area contributed by atoms with Crippen molar-refractivity contribution in [1.82, 2.24) is 14.5 Å². The number of nitrogens with zero attached hydrogens (tertiary/aromatic N) is 3. The summed E-state index contributed by atoms with van der Waals surface area (Å²) < 4.78 is 14.0. The zero-order valence-electron chi connectivity index (χ0n) is 15.4. The summed E-state index contributed by atoms with van der Waals surface area (Å²) in [5.41, 5.74) is 2.43. The first-order chi connectivity index (χ1) is 13.2. The van der Waals surface area contributed by atoms with Crippen LogP contribution in [0.15, 0.2) is 48.0 Å². The van der Waals surface area contributed by atoms with Crippen molar-refractivity contribution in [2.45, 2.75) is 31.7 Å². The summed E-state index contributed by atoms with van der Waals surface area (Å²) in [4.78, 5) is 8.36. The molecule has 0 saturated carbocycles. The van der Waals surface area contributed by atoms with Crippen LogP contribution in [0.3, 0.4) is 0 Å². The van der Waals surface area contributed by atoms with E-state index in [1.807, 2.05) is 18.3 Å². The van der Waals surface area contributed by atoms with Gasteiger partial charge in [-0.25, -0.2) is 4.98 Å². The monoisotopic (exact) mass is 381 g/mol. The van der Waals surface area contributed by atoms with Gasteiger partial charge in [-0.2, -0.15) is 0 Å². The topological polar surface area (TPSA) is 39.5 Å². The van der Waals surface area contributed by atoms with Gasteiger partial charge in [0, 0.05) is 19.6 Å². The predicted octanol–water partition coefficient (Wildman–Crippen LogP) is 3.80. The van der Waals surface area contributed by atoms with E-state index in [2.05, 4.69) is 44.1 Å². The Bertz CT molecular complexity index is 920. The summed E-state index contributed by atoms with van der Waals surface area (Å²) in [5.74, 6) is 1.94. The first-order valence-electron chi connectivity index (χ1n) is 9.32. The molecule has 5 nitrogen and oxygen atoms in total. The Morgan fingerprint density at radius 2 is 2.11 bits per heavy atom. The Kier molecular flexibility index (Phi) is 4.27. The van der Waals surface area contributed by atoms with Crippen molar-refractivity contribution in [3.63, 3.8) is 0 Å². The Labute approximate surface area is 163 Å². The smallest absolute Gasteiger partial charge is 0.135 e. The molecule has 0 amide bonds. The van der Waals surface area contributed by atoms with E-state index in [1.54, 1.807) is 18.4 Å². The van der Waals surface area contributed by atoms with Gasteiger partial charge in [-0.1, -0.05) is 18.2 Å². The Morgan fingerprint density at radius 1 is 1.22 bits per heavy atom. The summed E-state index contributed by atoms with van der Waals surface area (Å²) in [5, 5.41) is 2.12. The molecule has 2 aromatic heterocycles. The normalized spacial score (nSPS) is 22.3. The van der Waals surface area contributed by atoms with E-state index >= 15 is 0 Å². The summed E-state index contributed by atoms with van der Waals surface area (Å²) in [7, 11) is 1.70. The number of thiophene rings is 1. The van der Waals surface area contributed by atoms with Gasteiger partial charge in [0.2, 0.25) is 0 Å². The number of methoxy groups -OCH3 is 1. The van der Waals surface area contributed by atoms with Crippen LogP contribution in [0.25, 0.3) is 10.6 Å². The Hall–Kier alpha value is -2.15. The average Bonchev–Trinajstić information content (AvgIpc) is 3.43. The lowest BCUT2D eigenvalue weighted by Crippen LogP contribution is -2.44. The van der Waals surface area contributed by atoms with E-state index in [1.165, 1.54) is 16.1 Å². The summed E-state index contributed by atoms with van der Waals surface area (Å²) >= 11 is 1.77. The van der Waals surface area contributed by atoms with Crippen LogP contribution in [0, 0.1) is 0 Å². The van der Waals surface area contributed by atoms with Gasteiger partial charge in [0.15, 0.2) is 0 Å². The summed E-state index contributed by atoms with van der Waals surface area (Å²) in [6.07, 6.45) is 3.05. The van der Waals surface area contributed by atoms with E-state index in [0.29, 0.717) is 6.61 Å². The highest BCUT2D eigenvalue weighted by atomic mass is 32.1. The van der Waals surface area contributed by atoms with Crippen molar-refractivity contribution >= 4 is 11.3 Å². The molecule has 0 unspecified atom stereocenters. The number of hydrogen-bond acceptors (Lipinski definition) is 5. The number of fused-ring (bicyclic) bond motifs is 1. The molecule has 2 aliphatic heterocycles. The molecule has 1 atom stereocenters. The van der Waals surface area contributed by atoms with Crippen molar-refractivity contribution in [2.75, 3.05) is 20.2 Å². The standard InChI is InChI=1S/C21H23N3O2S/c1-25-17-6-4-16(5-7-17)12-23-9-8-21(14-23)15-24-18(19-3-2-10-27-19)11-22-20(24)13-26-21/h2-7,10-11H,8-9,12-15H2,1H3/t21-/m1/s1. The summed E-state index contributed by atoms with van der Waals surface area (Å²) in [6, 6.07) is 12.6. The highest BCUT2D eigenvalue weighted by Gasteiger charge is 2.43. The third-order valence-corrected chi connectivity index (χ3v) is 6.52. The van der Waals surface area contributed by atoms with Gasteiger partial charge < -0.3 is 14.0 Å². The molecule has 0 radical (unpaired) electrons. The fourth-order valence-corrected chi connectivity index (χ4v) is 4.92. The molecule has 0 N–H and O–H groups in total. The molecule has 0 aliphatic carbocycles. The molecule has 4 heterocycles. The molecule has 1 fully saturated rings. The number of benzene rings is 1. The minimum absolute atomic E-state index is 0.105. The molecule has 1 spiro atoms. The Balaban J connectivity index is 1.31. The lowest BCUT2D eigenvalue weighted by molar-refractivity contribution is -0.0821. The first kappa shape index (κ1) is 17.0. The van der Waals surface area contributed by atoms with Crippen LogP contribution in [0.4, 0.5) is 0 Å². The van der Waals surface area contributed by atoms with Crippen molar-refractivity contribution < 1.29 is 9.47 Å². The van der Waals surface area contributed by atoms with Crippen LogP contribution >= 0.6 is 11.3 Å². The minimum atomic E-state index is -0.105. The van der Waals surface area contributed by atoms with Crippen molar-refractivity contribution in [3.05, 3.63) is 59.4 Å². The van der Waals surface area contributed by atoms with Crippen LogP contribution in [0.2, 0.25) is 0 Å². The number of hydrogen-bond donors (Lipinski definition) is 0. The molecule has 6 heteroatoms. The number of ether oxygens (including phenoxy) is 2. The van der Waals surface area contributed by atoms with Crippen LogP contribution in [0.1, 0.15) is 17.8 Å². The number of imidazole rings is 1. The van der Waals surface area contributed by atoms with E-state index < -0.39 is 0 Å². The molecule has 0 bridgehead atoms. The molecule has 1 aromatic carbocycles. The SMILES string of the molecule is COc1ccc(CN2CC[C@@]3(C2)Cn2c(-c4cccs4)cnc2CO3)cc1. The van der Waals surface area contributed by atoms with Gasteiger partial charge in [-0.15, -0.1) is 11.3 Å². The van der Waals surface area contributed by atoms with Gasteiger partial charge in [0.25, 0.3) is 0 Å². The molecule has 1 saturated heterocycles. The van der Waals surface area contributed by atoms with E-state index in [4.69, 9.17) is 9.47 Å². The quantitative estimate of drug-likeness (QED) is 0.689. The van der Waals surface area contributed by atoms with Crippen molar-refractivity contribution in [2.24, 2.45) is 0 Å². The third kappa shape index (κ3) is 3.18. The van der Waals surface area contributed by atoms with Gasteiger partial charge in [-0.3, -0.25) is 4.90 Å². The molecule has 140 valence electrons. The predicted molar refractivity (Wildman–Crippen MR) is 106 cm³/mol. The first-order valence-corrected chi connectivity index (χ1v) is 10.2. The fourth-order valence-electron chi connectivity index (χ4n) is 4.18. The second-order valence-corrected chi connectivity index (χ2v) is 8.35. The molecular weight excluding hydrogens is 358 g/mol. The van der Waals surface area contributed by atoms with Crippen LogP contribution in [0.5, 0.6) is 5.75 Å². The zero-order chi connectivity index (χ0) is 18.3. The molecule has 3 aromatic rings. The number of likely N-dealkylation sites (tertiary alicyclic amines) is 1. The highest BCUT2D eigenvalue weighted by Crippen LogP contribution is 2.36. The van der Waals surface area contributed by atoms with Gasteiger partial charge in [-0.05, 0) is 35.6 Å². The Morgan fingerprint density at radius 3 is 2.89 bits per heavy atom. The van der Waals surface area contributed by atoms with Gasteiger partial charge in [0.05, 0.1) is 30.4 Å². The third-order valence-electron chi connectivity index (χ3n) is 5.63. The second kappa shape index (κ2) is 6.78. The maximum absolute atomic E-state index is 6.35. The maximum Gasteiger partial charge on any atom is 0.135 e. The maximum atomic E-state index is 6.35. The molecule has 27 heavy (non-hydrogen) atoms. The zero-order valence-corrected chi connectivity index (χ0v) is 16.2. The number of aromatic nitrogens is 2. The molecule has 2 aliphatic rings. The van der Waals surface area contributed by atoms with E-state index in [9.17, 15) is 0 Å². The molecule has 5 rings (SSSR count). The lowest BCUT2D eigenvalue weighted by Gasteiger charge is -2.35. The summed E-state index contributed by atoms with van der Waals surface area (Å²) in [6.45, 7) is 4.45. The highest BCUT2D eigenvalue weighted by molar-refractivity contribution is 7.13. The fraction of sp³-hybridized carbons (Fsp3) is 0.381. The van der Waals surface area contributed by atoms with E-state index in [0.717, 1.165) is 44.2 Å².